The Morgan fingerprint density at radius 3 is 2.18 bits per heavy atom. The summed E-state index contributed by atoms with van der Waals surface area (Å²) >= 11 is 0. The first-order valence-corrected chi connectivity index (χ1v) is 11.3. The van der Waals surface area contributed by atoms with E-state index < -0.39 is 46.7 Å². The molecule has 39 heavy (non-hydrogen) atoms. The Hall–Kier alpha value is -4.33. The fourth-order valence-corrected chi connectivity index (χ4v) is 3.60. The molecular formula is C25H20F6N4O4. The molecule has 0 spiro atoms. The van der Waals surface area contributed by atoms with Gasteiger partial charge in [0.25, 0.3) is 5.91 Å². The van der Waals surface area contributed by atoms with Crippen LogP contribution in [0.4, 0.5) is 26.3 Å². The third-order valence-corrected chi connectivity index (χ3v) is 5.85. The van der Waals surface area contributed by atoms with Crippen molar-refractivity contribution in [1.29, 1.82) is 0 Å². The standard InChI is InChI=1S/C25H20F6N4O4/c26-24(27,28)18-12-17(39-32)5-6-19(18)38-16-3-1-14(2-4-16)13-34-22(37)23(8-9-23)35-21(36)15-7-10-33-20(11-15)25(29,30)31/h1-7,10-12H,8-9,13,32H2,(H,34,37)(H,35,36). The van der Waals surface area contributed by atoms with Gasteiger partial charge in [0.15, 0.2) is 0 Å². The Balaban J connectivity index is 1.36. The van der Waals surface area contributed by atoms with E-state index in [2.05, 4.69) is 20.5 Å². The maximum atomic E-state index is 13.4. The number of pyridine rings is 1. The number of nitrogens with zero attached hydrogens (tertiary/aromatic N) is 1. The van der Waals surface area contributed by atoms with Crippen molar-refractivity contribution in [3.8, 4) is 17.2 Å². The number of carbonyl (C=O) groups excluding carboxylic acids is 2. The minimum absolute atomic E-state index is 0.0144. The molecule has 2 amide bonds. The summed E-state index contributed by atoms with van der Waals surface area (Å²) in [6.07, 6.45) is -8.00. The third kappa shape index (κ3) is 6.57. The second-order valence-electron chi connectivity index (χ2n) is 8.67. The molecule has 0 radical (unpaired) electrons. The van der Waals surface area contributed by atoms with Crippen molar-refractivity contribution in [3.05, 3.63) is 83.2 Å². The Bertz CT molecular complexity index is 1370. The van der Waals surface area contributed by atoms with E-state index >= 15 is 0 Å². The van der Waals surface area contributed by atoms with Gasteiger partial charge < -0.3 is 20.2 Å². The van der Waals surface area contributed by atoms with Gasteiger partial charge in [0.05, 0.1) is 0 Å². The molecule has 1 fully saturated rings. The third-order valence-electron chi connectivity index (χ3n) is 5.85. The number of amides is 2. The normalized spacial score (nSPS) is 14.3. The fourth-order valence-electron chi connectivity index (χ4n) is 3.60. The van der Waals surface area contributed by atoms with Gasteiger partial charge in [-0.2, -0.15) is 32.2 Å². The van der Waals surface area contributed by atoms with Crippen molar-refractivity contribution < 1.29 is 45.5 Å². The van der Waals surface area contributed by atoms with Crippen LogP contribution < -0.4 is 26.1 Å². The first-order chi connectivity index (χ1) is 18.3. The van der Waals surface area contributed by atoms with Crippen molar-refractivity contribution in [2.75, 3.05) is 0 Å². The molecule has 14 heteroatoms. The number of nitrogens with one attached hydrogen (secondary N) is 2. The van der Waals surface area contributed by atoms with Gasteiger partial charge in [-0.15, -0.1) is 0 Å². The lowest BCUT2D eigenvalue weighted by atomic mass is 10.1. The molecule has 0 unspecified atom stereocenters. The number of rotatable bonds is 8. The van der Waals surface area contributed by atoms with Crippen LogP contribution in [-0.2, 0) is 23.7 Å². The lowest BCUT2D eigenvalue weighted by molar-refractivity contribution is -0.141. The van der Waals surface area contributed by atoms with E-state index in [1.54, 1.807) is 0 Å². The summed E-state index contributed by atoms with van der Waals surface area (Å²) in [4.78, 5) is 32.8. The lowest BCUT2D eigenvalue weighted by Gasteiger charge is -2.18. The highest BCUT2D eigenvalue weighted by atomic mass is 19.4. The van der Waals surface area contributed by atoms with Gasteiger partial charge in [-0.3, -0.25) is 14.6 Å². The molecule has 3 aromatic rings. The maximum Gasteiger partial charge on any atom is 0.433 e. The number of hydrogen-bond acceptors (Lipinski definition) is 6. The van der Waals surface area contributed by atoms with E-state index in [0.29, 0.717) is 30.5 Å². The molecule has 2 aromatic carbocycles. The topological polar surface area (TPSA) is 116 Å². The van der Waals surface area contributed by atoms with Gasteiger partial charge >= 0.3 is 12.4 Å². The Morgan fingerprint density at radius 2 is 1.59 bits per heavy atom. The summed E-state index contributed by atoms with van der Waals surface area (Å²) in [5.41, 5.74) is -3.28. The smallest absolute Gasteiger partial charge is 0.433 e. The van der Waals surface area contributed by atoms with Crippen LogP contribution in [0.15, 0.2) is 60.8 Å². The summed E-state index contributed by atoms with van der Waals surface area (Å²) in [6, 6.07) is 10.6. The minimum Gasteiger partial charge on any atom is -0.457 e. The second-order valence-corrected chi connectivity index (χ2v) is 8.67. The zero-order valence-electron chi connectivity index (χ0n) is 19.8. The quantitative estimate of drug-likeness (QED) is 0.274. The number of benzene rings is 2. The minimum atomic E-state index is -4.73. The summed E-state index contributed by atoms with van der Waals surface area (Å²) < 4.78 is 84.1. The van der Waals surface area contributed by atoms with Crippen molar-refractivity contribution in [3.63, 3.8) is 0 Å². The molecule has 4 N–H and O–H groups in total. The molecule has 0 atom stereocenters. The van der Waals surface area contributed by atoms with Crippen LogP contribution in [0.25, 0.3) is 0 Å². The summed E-state index contributed by atoms with van der Waals surface area (Å²) in [6.45, 7) is 0.0144. The zero-order chi connectivity index (χ0) is 28.4. The molecule has 206 valence electrons. The Morgan fingerprint density at radius 1 is 0.923 bits per heavy atom. The zero-order valence-corrected chi connectivity index (χ0v) is 19.8. The van der Waals surface area contributed by atoms with Crippen LogP contribution in [0.3, 0.4) is 0 Å². The monoisotopic (exact) mass is 554 g/mol. The number of nitrogens with two attached hydrogens (primary N) is 1. The molecule has 0 saturated heterocycles. The summed E-state index contributed by atoms with van der Waals surface area (Å²) in [7, 11) is 0. The molecule has 1 aromatic heterocycles. The maximum absolute atomic E-state index is 13.4. The second kappa shape index (κ2) is 10.4. The van der Waals surface area contributed by atoms with Crippen LogP contribution in [0.2, 0.25) is 0 Å². The molecule has 4 rings (SSSR count). The van der Waals surface area contributed by atoms with Gasteiger partial charge in [-0.05, 0) is 60.9 Å². The van der Waals surface area contributed by atoms with E-state index in [1.807, 2.05) is 0 Å². The van der Waals surface area contributed by atoms with Gasteiger partial charge in [0.1, 0.15) is 34.0 Å². The molecule has 1 aliphatic carbocycles. The van der Waals surface area contributed by atoms with Crippen molar-refractivity contribution in [2.45, 2.75) is 37.3 Å². The van der Waals surface area contributed by atoms with E-state index in [1.165, 1.54) is 30.3 Å². The van der Waals surface area contributed by atoms with E-state index in [9.17, 15) is 35.9 Å². The average molecular weight is 554 g/mol. The van der Waals surface area contributed by atoms with Crippen LogP contribution >= 0.6 is 0 Å². The number of carbonyl (C=O) groups is 2. The van der Waals surface area contributed by atoms with E-state index in [-0.39, 0.29) is 23.6 Å². The van der Waals surface area contributed by atoms with Gasteiger partial charge in [-0.1, -0.05) is 12.1 Å². The molecule has 1 heterocycles. The largest absolute Gasteiger partial charge is 0.457 e. The molecule has 1 saturated carbocycles. The van der Waals surface area contributed by atoms with Crippen molar-refractivity contribution in [2.24, 2.45) is 5.90 Å². The highest BCUT2D eigenvalue weighted by Crippen LogP contribution is 2.40. The van der Waals surface area contributed by atoms with Crippen LogP contribution in [0.1, 0.15) is 40.0 Å². The Kier molecular flexibility index (Phi) is 7.41. The molecule has 1 aliphatic rings. The van der Waals surface area contributed by atoms with Gasteiger partial charge in [0.2, 0.25) is 5.91 Å². The summed E-state index contributed by atoms with van der Waals surface area (Å²) in [5, 5.41) is 5.13. The van der Waals surface area contributed by atoms with E-state index in [0.717, 1.165) is 18.3 Å². The predicted octanol–water partition coefficient (Wildman–Crippen LogP) is 4.74. The first kappa shape index (κ1) is 27.7. The molecular weight excluding hydrogens is 534 g/mol. The molecule has 0 bridgehead atoms. The van der Waals surface area contributed by atoms with E-state index in [4.69, 9.17) is 10.6 Å². The molecule has 0 aliphatic heterocycles. The SMILES string of the molecule is NOc1ccc(Oc2ccc(CNC(=O)C3(NC(=O)c4ccnc(C(F)(F)F)c4)CC3)cc2)c(C(F)(F)F)c1. The van der Waals surface area contributed by atoms with Crippen molar-refractivity contribution in [1.82, 2.24) is 15.6 Å². The van der Waals surface area contributed by atoms with Crippen LogP contribution in [0.5, 0.6) is 17.2 Å². The highest BCUT2D eigenvalue weighted by molar-refractivity contribution is 6.00. The average Bonchev–Trinajstić information content (AvgIpc) is 3.68. The lowest BCUT2D eigenvalue weighted by Crippen LogP contribution is -2.48. The van der Waals surface area contributed by atoms with Gasteiger partial charge in [-0.25, -0.2) is 0 Å². The fraction of sp³-hybridized carbons (Fsp3) is 0.240. The highest BCUT2D eigenvalue weighted by Gasteiger charge is 2.51. The van der Waals surface area contributed by atoms with Crippen LogP contribution in [0, 0.1) is 0 Å². The molecule has 8 nitrogen and oxygen atoms in total. The van der Waals surface area contributed by atoms with Crippen LogP contribution in [-0.4, -0.2) is 22.3 Å². The number of aromatic nitrogens is 1. The number of alkyl halides is 6. The number of halogens is 6. The number of ether oxygens (including phenoxy) is 1. The summed E-state index contributed by atoms with van der Waals surface area (Å²) in [5.74, 6) is 2.99. The number of hydrogen-bond donors (Lipinski definition) is 3. The predicted molar refractivity (Wildman–Crippen MR) is 123 cm³/mol. The first-order valence-electron chi connectivity index (χ1n) is 11.3. The van der Waals surface area contributed by atoms with Crippen molar-refractivity contribution >= 4 is 11.8 Å². The Labute approximate surface area is 217 Å². The van der Waals surface area contributed by atoms with Gasteiger partial charge in [0, 0.05) is 18.3 Å².